The van der Waals surface area contributed by atoms with Crippen LogP contribution in [0.2, 0.25) is 10.0 Å². The van der Waals surface area contributed by atoms with Gasteiger partial charge in [0.15, 0.2) is 0 Å². The lowest BCUT2D eigenvalue weighted by atomic mass is 10.1. The van der Waals surface area contributed by atoms with E-state index in [2.05, 4.69) is 24.9 Å². The van der Waals surface area contributed by atoms with Crippen molar-refractivity contribution in [2.24, 2.45) is 0 Å². The van der Waals surface area contributed by atoms with E-state index in [0.29, 0.717) is 16.9 Å². The number of aryl methyl sites for hydroxylation is 1. The molecule has 2 N–H and O–H groups in total. The van der Waals surface area contributed by atoms with Crippen molar-refractivity contribution in [3.8, 4) is 11.1 Å². The molecule has 7 nitrogen and oxygen atoms in total. The summed E-state index contributed by atoms with van der Waals surface area (Å²) in [5.74, 6) is 0.858. The lowest BCUT2D eigenvalue weighted by Crippen LogP contribution is -2.43. The highest BCUT2D eigenvalue weighted by atomic mass is 35.5. The van der Waals surface area contributed by atoms with E-state index in [4.69, 9.17) is 23.2 Å². The summed E-state index contributed by atoms with van der Waals surface area (Å²) >= 11 is 12.8. The number of sulfonamides is 1. The maximum Gasteiger partial charge on any atom is 0.264 e. The number of anilines is 2. The van der Waals surface area contributed by atoms with Gasteiger partial charge in [0, 0.05) is 38.6 Å². The van der Waals surface area contributed by atoms with Crippen LogP contribution in [0.4, 0.5) is 11.5 Å². The first kappa shape index (κ1) is 21.8. The van der Waals surface area contributed by atoms with E-state index in [1.807, 2.05) is 12.1 Å². The Bertz CT molecular complexity index is 1190. The van der Waals surface area contributed by atoms with Gasteiger partial charge in [-0.25, -0.2) is 13.4 Å². The number of pyridine rings is 2. The van der Waals surface area contributed by atoms with Crippen LogP contribution in [-0.2, 0) is 10.0 Å². The van der Waals surface area contributed by atoms with Gasteiger partial charge in [-0.3, -0.25) is 9.71 Å². The van der Waals surface area contributed by atoms with Gasteiger partial charge >= 0.3 is 0 Å². The first-order valence-electron chi connectivity index (χ1n) is 9.71. The highest BCUT2D eigenvalue weighted by Gasteiger charge is 2.24. The fraction of sp³-hybridized carbons (Fsp3) is 0.238. The number of aromatic nitrogens is 2. The summed E-state index contributed by atoms with van der Waals surface area (Å²) in [7, 11) is -4.00. The standard InChI is InChI=1S/C21H21Cl2N5O2S/c1-14-19(3-2-5-25-14)27-31(29,30)21-17(22)11-16(12-18(21)23)15-4-6-26-20(13-15)28-9-7-24-8-10-28/h2-6,11-13,24,27H,7-10H2,1H3. The third-order valence-electron chi connectivity index (χ3n) is 5.04. The molecule has 10 heteroatoms. The number of nitrogens with one attached hydrogen (secondary N) is 2. The molecule has 0 saturated carbocycles. The average molecular weight is 478 g/mol. The third-order valence-corrected chi connectivity index (χ3v) is 7.32. The Morgan fingerprint density at radius 3 is 2.39 bits per heavy atom. The Labute approximate surface area is 191 Å². The molecule has 1 aliphatic rings. The Kier molecular flexibility index (Phi) is 6.34. The molecule has 2 aromatic heterocycles. The minimum atomic E-state index is -4.00. The molecule has 0 spiro atoms. The Morgan fingerprint density at radius 1 is 1.00 bits per heavy atom. The molecule has 0 atom stereocenters. The summed E-state index contributed by atoms with van der Waals surface area (Å²) < 4.78 is 28.5. The zero-order chi connectivity index (χ0) is 22.0. The van der Waals surface area contributed by atoms with Gasteiger partial charge in [-0.15, -0.1) is 0 Å². The van der Waals surface area contributed by atoms with E-state index in [-0.39, 0.29) is 14.9 Å². The van der Waals surface area contributed by atoms with Crippen LogP contribution < -0.4 is 14.9 Å². The second-order valence-electron chi connectivity index (χ2n) is 7.15. The first-order chi connectivity index (χ1) is 14.8. The number of halogens is 2. The van der Waals surface area contributed by atoms with E-state index in [1.54, 1.807) is 43.6 Å². The Hall–Kier alpha value is -2.39. The molecular formula is C21H21Cl2N5O2S. The van der Waals surface area contributed by atoms with Crippen molar-refractivity contribution < 1.29 is 8.42 Å². The number of piperazine rings is 1. The monoisotopic (exact) mass is 477 g/mol. The summed E-state index contributed by atoms with van der Waals surface area (Å²) in [5, 5.41) is 3.39. The fourth-order valence-corrected chi connectivity index (χ4v) is 5.77. The van der Waals surface area contributed by atoms with Gasteiger partial charge in [-0.2, -0.15) is 0 Å². The number of nitrogens with zero attached hydrogens (tertiary/aromatic N) is 3. The summed E-state index contributed by atoms with van der Waals surface area (Å²) in [6.07, 6.45) is 3.32. The van der Waals surface area contributed by atoms with Crippen LogP contribution in [-0.4, -0.2) is 44.6 Å². The molecule has 0 amide bonds. The van der Waals surface area contributed by atoms with Gasteiger partial charge in [-0.1, -0.05) is 23.2 Å². The first-order valence-corrected chi connectivity index (χ1v) is 11.9. The summed E-state index contributed by atoms with van der Waals surface area (Å²) in [4.78, 5) is 10.6. The lowest BCUT2D eigenvalue weighted by molar-refractivity contribution is 0.585. The zero-order valence-electron chi connectivity index (χ0n) is 16.8. The SMILES string of the molecule is Cc1ncccc1NS(=O)(=O)c1c(Cl)cc(-c2ccnc(N3CCNCC3)c2)cc1Cl. The molecule has 162 valence electrons. The van der Waals surface area contributed by atoms with E-state index < -0.39 is 10.0 Å². The van der Waals surface area contributed by atoms with Gasteiger partial charge < -0.3 is 10.2 Å². The highest BCUT2D eigenvalue weighted by molar-refractivity contribution is 7.93. The Morgan fingerprint density at radius 2 is 1.71 bits per heavy atom. The zero-order valence-corrected chi connectivity index (χ0v) is 19.1. The van der Waals surface area contributed by atoms with Crippen molar-refractivity contribution in [2.45, 2.75) is 11.8 Å². The third kappa shape index (κ3) is 4.77. The van der Waals surface area contributed by atoms with Crippen molar-refractivity contribution in [1.82, 2.24) is 15.3 Å². The molecule has 4 rings (SSSR count). The molecule has 3 aromatic rings. The van der Waals surface area contributed by atoms with Gasteiger partial charge in [0.1, 0.15) is 10.7 Å². The quantitative estimate of drug-likeness (QED) is 0.577. The molecule has 31 heavy (non-hydrogen) atoms. The molecule has 1 saturated heterocycles. The fourth-order valence-electron chi connectivity index (χ4n) is 3.44. The smallest absolute Gasteiger partial charge is 0.264 e. The van der Waals surface area contributed by atoms with Crippen LogP contribution in [0.3, 0.4) is 0 Å². The maximum absolute atomic E-state index is 13.0. The van der Waals surface area contributed by atoms with Gasteiger partial charge in [0.05, 0.1) is 21.4 Å². The number of rotatable bonds is 5. The van der Waals surface area contributed by atoms with Crippen molar-refractivity contribution in [1.29, 1.82) is 0 Å². The molecule has 3 heterocycles. The average Bonchev–Trinajstić information content (AvgIpc) is 2.75. The van der Waals surface area contributed by atoms with Gasteiger partial charge in [0.25, 0.3) is 10.0 Å². The van der Waals surface area contributed by atoms with Crippen LogP contribution in [0.15, 0.2) is 53.7 Å². The number of hydrogen-bond donors (Lipinski definition) is 2. The molecule has 0 radical (unpaired) electrons. The predicted molar refractivity (Wildman–Crippen MR) is 125 cm³/mol. The van der Waals surface area contributed by atoms with Gasteiger partial charge in [-0.05, 0) is 54.4 Å². The molecule has 0 unspecified atom stereocenters. The molecular weight excluding hydrogens is 457 g/mol. The number of benzene rings is 1. The van der Waals surface area contributed by atoms with Crippen LogP contribution >= 0.6 is 23.2 Å². The van der Waals surface area contributed by atoms with Crippen LogP contribution in [0.1, 0.15) is 5.69 Å². The van der Waals surface area contributed by atoms with E-state index in [0.717, 1.165) is 37.6 Å². The predicted octanol–water partition coefficient (Wildman–Crippen LogP) is 3.97. The molecule has 1 aromatic carbocycles. The van der Waals surface area contributed by atoms with Gasteiger partial charge in [0.2, 0.25) is 0 Å². The lowest BCUT2D eigenvalue weighted by Gasteiger charge is -2.28. The summed E-state index contributed by atoms with van der Waals surface area (Å²) in [5.41, 5.74) is 2.48. The van der Waals surface area contributed by atoms with Crippen molar-refractivity contribution in [2.75, 3.05) is 35.8 Å². The van der Waals surface area contributed by atoms with Crippen molar-refractivity contribution >= 4 is 44.7 Å². The maximum atomic E-state index is 13.0. The molecule has 0 bridgehead atoms. The molecule has 1 fully saturated rings. The van der Waals surface area contributed by atoms with Crippen molar-refractivity contribution in [3.63, 3.8) is 0 Å². The second kappa shape index (κ2) is 9.00. The number of hydrogen-bond acceptors (Lipinski definition) is 6. The van der Waals surface area contributed by atoms with E-state index >= 15 is 0 Å². The second-order valence-corrected chi connectivity index (χ2v) is 9.58. The highest BCUT2D eigenvalue weighted by Crippen LogP contribution is 2.36. The Balaban J connectivity index is 1.67. The largest absolute Gasteiger partial charge is 0.354 e. The minimum Gasteiger partial charge on any atom is -0.354 e. The minimum absolute atomic E-state index is 0.0390. The van der Waals surface area contributed by atoms with Crippen LogP contribution in [0.5, 0.6) is 0 Å². The molecule has 0 aliphatic carbocycles. The van der Waals surface area contributed by atoms with Crippen LogP contribution in [0.25, 0.3) is 11.1 Å². The van der Waals surface area contributed by atoms with E-state index in [9.17, 15) is 8.42 Å². The topological polar surface area (TPSA) is 87.2 Å². The van der Waals surface area contributed by atoms with Crippen LogP contribution in [0, 0.1) is 6.92 Å². The summed E-state index contributed by atoms with van der Waals surface area (Å²) in [6, 6.07) is 10.3. The van der Waals surface area contributed by atoms with E-state index in [1.165, 1.54) is 0 Å². The summed E-state index contributed by atoms with van der Waals surface area (Å²) in [6.45, 7) is 5.26. The molecule has 1 aliphatic heterocycles. The normalized spacial score (nSPS) is 14.5. The van der Waals surface area contributed by atoms with Crippen molar-refractivity contribution in [3.05, 3.63) is 64.5 Å².